The topological polar surface area (TPSA) is 450 Å². The van der Waals surface area contributed by atoms with Crippen molar-refractivity contribution >= 4 is 65.0 Å². The maximum absolute atomic E-state index is 14.9. The minimum Gasteiger partial charge on any atom is -0.391 e. The van der Waals surface area contributed by atoms with Crippen molar-refractivity contribution < 1.29 is 53.1 Å². The zero-order valence-corrected chi connectivity index (χ0v) is 52.0. The molecule has 20 N–H and O–H groups in total. The number of guanidine groups is 1. The lowest BCUT2D eigenvalue weighted by Crippen LogP contribution is -2.62. The molecule has 0 aliphatic carbocycles. The standard InChI is InChI=1S/C56H108N16O11/c1-14-35(10)45(55(83)72(13)43(22-16-18-24-58)52(80)70-46(36(11)73)53(81)67-40(28-33(6)7)50(78)66-38(47(60)75)26-31(2)3)69-48(76)37(20-19-25-63-56(61)62)65-51(79)42(21-15-17-23-57)71(12)54(82)41(29-34(8)9)68-49(77)39(27-32(4)5)64-44(74)30-59/h31-43,45-46,73H,14-30,57-59H2,1-13H3,(H2,60,75)(H,64,74)(H,65,79)(H,66,78)(H,67,81)(H,68,77)(H,69,76)(H,70,80)(H4,61,62,63)/t35-,36+,37-,38-,39-,40-,41-,42-,43-,45-,46-/m0/s1. The lowest BCUT2D eigenvalue weighted by Gasteiger charge is -2.35. The highest BCUT2D eigenvalue weighted by Crippen LogP contribution is 2.19. The predicted molar refractivity (Wildman–Crippen MR) is 320 cm³/mol. The van der Waals surface area contributed by atoms with Crippen LogP contribution in [-0.4, -0.2) is 181 Å². The Morgan fingerprint density at radius 1 is 0.458 bits per heavy atom. The number of aliphatic imine (C=N–C) groups is 1. The normalized spacial score (nSPS) is 15.4. The van der Waals surface area contributed by atoms with E-state index < -0.39 is 125 Å². The number of aliphatic hydroxyl groups is 1. The van der Waals surface area contributed by atoms with Crippen LogP contribution in [0.5, 0.6) is 0 Å². The second-order valence-electron chi connectivity index (χ2n) is 23.5. The quantitative estimate of drug-likeness (QED) is 0.0186. The summed E-state index contributed by atoms with van der Waals surface area (Å²) in [6.45, 7) is 19.8. The number of rotatable bonds is 42. The number of likely N-dealkylation sites (N-methyl/N-ethyl adjacent to an activating group) is 2. The molecule has 0 aromatic rings. The van der Waals surface area contributed by atoms with E-state index in [1.165, 1.54) is 25.9 Å². The van der Waals surface area contributed by atoms with Gasteiger partial charge in [0.05, 0.1) is 12.6 Å². The van der Waals surface area contributed by atoms with E-state index >= 15 is 0 Å². The Kier molecular flexibility index (Phi) is 37.1. The highest BCUT2D eigenvalue weighted by molar-refractivity contribution is 5.98. The lowest BCUT2D eigenvalue weighted by atomic mass is 9.95. The summed E-state index contributed by atoms with van der Waals surface area (Å²) in [6.07, 6.45) is 1.57. The van der Waals surface area contributed by atoms with Gasteiger partial charge in [0.25, 0.3) is 0 Å². The van der Waals surface area contributed by atoms with Crippen LogP contribution < -0.4 is 71.6 Å². The molecule has 478 valence electrons. The van der Waals surface area contributed by atoms with Crippen molar-refractivity contribution in [2.75, 3.05) is 40.3 Å². The molecule has 0 radical (unpaired) electrons. The third-order valence-corrected chi connectivity index (χ3v) is 14.1. The van der Waals surface area contributed by atoms with E-state index in [1.807, 2.05) is 55.4 Å². The Morgan fingerprint density at radius 2 is 0.855 bits per heavy atom. The molecular formula is C56H108N16O11. The van der Waals surface area contributed by atoms with Gasteiger partial charge < -0.3 is 86.5 Å². The van der Waals surface area contributed by atoms with Gasteiger partial charge in [0.2, 0.25) is 59.1 Å². The van der Waals surface area contributed by atoms with Gasteiger partial charge >= 0.3 is 0 Å². The highest BCUT2D eigenvalue weighted by atomic mass is 16.3. The van der Waals surface area contributed by atoms with E-state index in [0.29, 0.717) is 32.1 Å². The van der Waals surface area contributed by atoms with Crippen LogP contribution >= 0.6 is 0 Å². The summed E-state index contributed by atoms with van der Waals surface area (Å²) in [7, 11) is 2.79. The zero-order valence-electron chi connectivity index (χ0n) is 52.0. The van der Waals surface area contributed by atoms with Gasteiger partial charge in [0, 0.05) is 20.6 Å². The molecule has 0 aromatic carbocycles. The van der Waals surface area contributed by atoms with E-state index in [1.54, 1.807) is 13.8 Å². The summed E-state index contributed by atoms with van der Waals surface area (Å²) in [5.41, 5.74) is 34.0. The molecule has 0 aliphatic heterocycles. The molecule has 0 bridgehead atoms. The van der Waals surface area contributed by atoms with Crippen LogP contribution in [0.2, 0.25) is 0 Å². The molecule has 0 aromatic heterocycles. The number of nitrogens with zero attached hydrogens (tertiary/aromatic N) is 3. The third kappa shape index (κ3) is 29.3. The SMILES string of the molecule is CC[C@H](C)[C@H](NC(=O)[C@H](CCCN=C(N)N)NC(=O)[C@H](CCCCN)N(C)C(=O)[C@H](CC(C)C)NC(=O)[C@H](CC(C)C)NC(=O)CN)C(=O)N(C)[C@@H](CCCCN)C(=O)N[C@H](C(=O)N[C@@H](CC(C)C)C(=O)N[C@@H](CC(C)C)C(N)=O)[C@@H](C)O. The van der Waals surface area contributed by atoms with Crippen LogP contribution in [0.1, 0.15) is 160 Å². The lowest BCUT2D eigenvalue weighted by molar-refractivity contribution is -0.145. The molecule has 0 unspecified atom stereocenters. The number of hydrogen-bond donors (Lipinski definition) is 14. The minimum atomic E-state index is -1.63. The van der Waals surface area contributed by atoms with Crippen LogP contribution in [0.25, 0.3) is 0 Å². The minimum absolute atomic E-state index is 0.00584. The Bertz CT molecular complexity index is 2090. The highest BCUT2D eigenvalue weighted by Gasteiger charge is 2.40. The fourth-order valence-corrected chi connectivity index (χ4v) is 9.25. The second kappa shape index (κ2) is 40.1. The first-order chi connectivity index (χ1) is 38.8. The average Bonchev–Trinajstić information content (AvgIpc) is 3.54. The number of carbonyl (C=O) groups is 10. The van der Waals surface area contributed by atoms with Crippen LogP contribution in [0.15, 0.2) is 4.99 Å². The second-order valence-corrected chi connectivity index (χ2v) is 23.5. The summed E-state index contributed by atoms with van der Waals surface area (Å²) in [6, 6.07) is -11.1. The maximum Gasteiger partial charge on any atom is 0.245 e. The number of nitrogens with one attached hydrogen (secondary N) is 7. The molecule has 0 spiro atoms. The summed E-state index contributed by atoms with van der Waals surface area (Å²) < 4.78 is 0. The van der Waals surface area contributed by atoms with Crippen LogP contribution in [0.4, 0.5) is 0 Å². The molecule has 27 nitrogen and oxygen atoms in total. The van der Waals surface area contributed by atoms with Crippen LogP contribution in [-0.2, 0) is 47.9 Å². The number of carbonyl (C=O) groups excluding carboxylic acids is 10. The van der Waals surface area contributed by atoms with Gasteiger partial charge in [0.1, 0.15) is 54.4 Å². The zero-order chi connectivity index (χ0) is 63.8. The van der Waals surface area contributed by atoms with E-state index in [2.05, 4.69) is 42.2 Å². The summed E-state index contributed by atoms with van der Waals surface area (Å²) in [5, 5.41) is 29.9. The predicted octanol–water partition coefficient (Wildman–Crippen LogP) is -1.60. The van der Waals surface area contributed by atoms with Gasteiger partial charge in [-0.2, -0.15) is 0 Å². The first-order valence-electron chi connectivity index (χ1n) is 29.6. The molecule has 0 aliphatic rings. The molecule has 0 heterocycles. The molecule has 10 amide bonds. The van der Waals surface area contributed by atoms with E-state index in [0.717, 1.165) is 4.90 Å². The first-order valence-corrected chi connectivity index (χ1v) is 29.6. The number of amides is 10. The van der Waals surface area contributed by atoms with Crippen molar-refractivity contribution in [2.45, 2.75) is 220 Å². The Balaban J connectivity index is 7.27. The van der Waals surface area contributed by atoms with Crippen molar-refractivity contribution in [2.24, 2.45) is 69.0 Å². The Hall–Kier alpha value is -6.19. The Labute approximate surface area is 493 Å². The number of nitrogens with two attached hydrogens (primary N) is 6. The molecule has 0 rings (SSSR count). The fourth-order valence-electron chi connectivity index (χ4n) is 9.25. The van der Waals surface area contributed by atoms with Crippen molar-refractivity contribution in [3.8, 4) is 0 Å². The number of primary amides is 1. The van der Waals surface area contributed by atoms with Crippen molar-refractivity contribution in [3.63, 3.8) is 0 Å². The van der Waals surface area contributed by atoms with Crippen molar-refractivity contribution in [3.05, 3.63) is 0 Å². The molecule has 0 saturated carbocycles. The summed E-state index contributed by atoms with van der Waals surface area (Å²) in [4.78, 5) is 146. The van der Waals surface area contributed by atoms with E-state index in [4.69, 9.17) is 34.4 Å². The fraction of sp³-hybridized carbons (Fsp3) is 0.804. The largest absolute Gasteiger partial charge is 0.391 e. The Morgan fingerprint density at radius 3 is 1.29 bits per heavy atom. The van der Waals surface area contributed by atoms with Gasteiger partial charge in [-0.3, -0.25) is 52.9 Å². The van der Waals surface area contributed by atoms with Crippen molar-refractivity contribution in [1.82, 2.24) is 47.0 Å². The monoisotopic (exact) mass is 1180 g/mol. The van der Waals surface area contributed by atoms with E-state index in [-0.39, 0.29) is 107 Å². The first kappa shape index (κ1) is 76.8. The molecule has 0 saturated heterocycles. The van der Waals surface area contributed by atoms with Gasteiger partial charge in [-0.05, 0) is 127 Å². The maximum atomic E-state index is 14.9. The average molecular weight is 1180 g/mol. The molecule has 27 heteroatoms. The van der Waals surface area contributed by atoms with Crippen LogP contribution in [0.3, 0.4) is 0 Å². The van der Waals surface area contributed by atoms with Gasteiger partial charge in [0.15, 0.2) is 5.96 Å². The molecule has 11 atom stereocenters. The number of aliphatic hydroxyl groups excluding tert-OH is 1. The molecule has 0 fully saturated rings. The summed E-state index contributed by atoms with van der Waals surface area (Å²) >= 11 is 0. The smallest absolute Gasteiger partial charge is 0.245 e. The van der Waals surface area contributed by atoms with Gasteiger partial charge in [-0.15, -0.1) is 0 Å². The van der Waals surface area contributed by atoms with Gasteiger partial charge in [-0.1, -0.05) is 75.7 Å². The van der Waals surface area contributed by atoms with Gasteiger partial charge in [-0.25, -0.2) is 0 Å². The van der Waals surface area contributed by atoms with Crippen molar-refractivity contribution in [1.29, 1.82) is 0 Å². The number of hydrogen-bond acceptors (Lipinski definition) is 15. The molecular weight excluding hydrogens is 1070 g/mol. The summed E-state index contributed by atoms with van der Waals surface area (Å²) in [5.74, 6) is -8.21. The number of unbranched alkanes of at least 4 members (excludes halogenated alkanes) is 2. The van der Waals surface area contributed by atoms with Crippen LogP contribution in [0, 0.1) is 29.6 Å². The third-order valence-electron chi connectivity index (χ3n) is 14.1. The van der Waals surface area contributed by atoms with E-state index in [9.17, 15) is 53.1 Å². The molecule has 83 heavy (non-hydrogen) atoms.